The van der Waals surface area contributed by atoms with Gasteiger partial charge in [-0.25, -0.2) is 0 Å². The highest BCUT2D eigenvalue weighted by Crippen LogP contribution is 2.41. The Kier molecular flexibility index (Phi) is 5.17. The summed E-state index contributed by atoms with van der Waals surface area (Å²) in [5.41, 5.74) is 6.86. The highest BCUT2D eigenvalue weighted by Gasteiger charge is 2.17. The maximum atomic E-state index is 5.74. The Morgan fingerprint density at radius 3 is 1.58 bits per heavy atom. The third-order valence-electron chi connectivity index (χ3n) is 4.71. The zero-order valence-corrected chi connectivity index (χ0v) is 15.9. The van der Waals surface area contributed by atoms with Gasteiger partial charge in [0.2, 0.25) is 0 Å². The Morgan fingerprint density at radius 2 is 1.12 bits per heavy atom. The van der Waals surface area contributed by atoms with Gasteiger partial charge in [0.1, 0.15) is 17.2 Å². The summed E-state index contributed by atoms with van der Waals surface area (Å²) in [6, 6.07) is 18.4. The molecule has 0 aliphatic rings. The van der Waals surface area contributed by atoms with Gasteiger partial charge < -0.3 is 14.2 Å². The fourth-order valence-electron chi connectivity index (χ4n) is 3.33. The van der Waals surface area contributed by atoms with E-state index in [1.165, 1.54) is 11.1 Å². The molecule has 3 heteroatoms. The quantitative estimate of drug-likeness (QED) is 0.595. The van der Waals surface area contributed by atoms with E-state index < -0.39 is 0 Å². The molecule has 0 fully saturated rings. The van der Waals surface area contributed by atoms with Crippen LogP contribution in [0.1, 0.15) is 11.1 Å². The smallest absolute Gasteiger partial charge is 0.129 e. The molecule has 0 spiro atoms. The average molecular weight is 348 g/mol. The van der Waals surface area contributed by atoms with Crippen molar-refractivity contribution >= 4 is 0 Å². The molecule has 26 heavy (non-hydrogen) atoms. The molecular formula is C23H24O3. The van der Waals surface area contributed by atoms with Crippen LogP contribution in [0.15, 0.2) is 54.6 Å². The second-order valence-corrected chi connectivity index (χ2v) is 6.23. The molecule has 0 aliphatic heterocycles. The standard InChI is InChI=1S/C23H24O3/c1-15-14-21(17-6-10-19(24-3)11-7-17)16(2)22(23(15)26-5)18-8-12-20(25-4)13-9-18/h6-14H,1-5H3. The number of methoxy groups -OCH3 is 3. The monoisotopic (exact) mass is 348 g/mol. The minimum Gasteiger partial charge on any atom is -0.497 e. The summed E-state index contributed by atoms with van der Waals surface area (Å²) in [6.45, 7) is 4.22. The van der Waals surface area contributed by atoms with Crippen molar-refractivity contribution in [2.45, 2.75) is 13.8 Å². The lowest BCUT2D eigenvalue weighted by molar-refractivity contribution is 0.412. The van der Waals surface area contributed by atoms with Crippen LogP contribution >= 0.6 is 0 Å². The van der Waals surface area contributed by atoms with Crippen molar-refractivity contribution in [2.24, 2.45) is 0 Å². The average Bonchev–Trinajstić information content (AvgIpc) is 2.69. The van der Waals surface area contributed by atoms with Crippen molar-refractivity contribution in [1.29, 1.82) is 0 Å². The molecule has 0 N–H and O–H groups in total. The van der Waals surface area contributed by atoms with Crippen LogP contribution < -0.4 is 14.2 Å². The van der Waals surface area contributed by atoms with E-state index in [4.69, 9.17) is 14.2 Å². The lowest BCUT2D eigenvalue weighted by atomic mass is 9.89. The van der Waals surface area contributed by atoms with Gasteiger partial charge >= 0.3 is 0 Å². The zero-order chi connectivity index (χ0) is 18.7. The number of hydrogen-bond acceptors (Lipinski definition) is 3. The zero-order valence-electron chi connectivity index (χ0n) is 15.9. The molecule has 0 amide bonds. The van der Waals surface area contributed by atoms with Gasteiger partial charge in [-0.1, -0.05) is 24.3 Å². The van der Waals surface area contributed by atoms with Crippen LogP contribution in [0.25, 0.3) is 22.3 Å². The second kappa shape index (κ2) is 7.52. The summed E-state index contributed by atoms with van der Waals surface area (Å²) in [4.78, 5) is 0. The summed E-state index contributed by atoms with van der Waals surface area (Å²) < 4.78 is 16.3. The van der Waals surface area contributed by atoms with Crippen LogP contribution in [0.4, 0.5) is 0 Å². The minimum atomic E-state index is 0.841. The molecule has 3 nitrogen and oxygen atoms in total. The molecule has 0 radical (unpaired) electrons. The van der Waals surface area contributed by atoms with E-state index in [1.807, 2.05) is 24.3 Å². The van der Waals surface area contributed by atoms with Crippen LogP contribution in [0, 0.1) is 13.8 Å². The lowest BCUT2D eigenvalue weighted by Gasteiger charge is -2.19. The summed E-state index contributed by atoms with van der Waals surface area (Å²) >= 11 is 0. The Labute approximate surface area is 155 Å². The number of rotatable bonds is 5. The Balaban J connectivity index is 2.19. The molecule has 3 rings (SSSR count). The molecule has 0 aromatic heterocycles. The van der Waals surface area contributed by atoms with Gasteiger partial charge in [0.15, 0.2) is 0 Å². The van der Waals surface area contributed by atoms with Crippen molar-refractivity contribution < 1.29 is 14.2 Å². The second-order valence-electron chi connectivity index (χ2n) is 6.23. The van der Waals surface area contributed by atoms with Crippen molar-refractivity contribution in [2.75, 3.05) is 21.3 Å². The van der Waals surface area contributed by atoms with E-state index in [-0.39, 0.29) is 0 Å². The largest absolute Gasteiger partial charge is 0.497 e. The number of ether oxygens (including phenoxy) is 3. The predicted octanol–water partition coefficient (Wildman–Crippen LogP) is 5.66. The maximum absolute atomic E-state index is 5.74. The number of aryl methyl sites for hydroxylation is 1. The molecule has 0 heterocycles. The van der Waals surface area contributed by atoms with E-state index in [0.717, 1.165) is 39.5 Å². The Morgan fingerprint density at radius 1 is 0.615 bits per heavy atom. The molecule has 0 saturated carbocycles. The van der Waals surface area contributed by atoms with E-state index >= 15 is 0 Å². The van der Waals surface area contributed by atoms with Crippen LogP contribution in [-0.2, 0) is 0 Å². The number of hydrogen-bond donors (Lipinski definition) is 0. The SMILES string of the molecule is COc1ccc(-c2cc(C)c(OC)c(-c3ccc(OC)cc3)c2C)cc1. The first-order valence-electron chi connectivity index (χ1n) is 8.56. The molecule has 0 unspecified atom stereocenters. The van der Waals surface area contributed by atoms with E-state index in [0.29, 0.717) is 0 Å². The fraction of sp³-hybridized carbons (Fsp3) is 0.217. The molecule has 3 aromatic carbocycles. The first kappa shape index (κ1) is 17.9. The summed E-state index contributed by atoms with van der Waals surface area (Å²) in [5.74, 6) is 2.60. The molecule has 0 atom stereocenters. The van der Waals surface area contributed by atoms with Gasteiger partial charge in [0.25, 0.3) is 0 Å². The minimum absolute atomic E-state index is 0.841. The maximum Gasteiger partial charge on any atom is 0.129 e. The van der Waals surface area contributed by atoms with Crippen LogP contribution in [0.2, 0.25) is 0 Å². The van der Waals surface area contributed by atoms with Crippen LogP contribution in [0.5, 0.6) is 17.2 Å². The highest BCUT2D eigenvalue weighted by atomic mass is 16.5. The van der Waals surface area contributed by atoms with Gasteiger partial charge in [-0.15, -0.1) is 0 Å². The van der Waals surface area contributed by atoms with Gasteiger partial charge in [0.05, 0.1) is 21.3 Å². The van der Waals surface area contributed by atoms with Crippen molar-refractivity contribution in [1.82, 2.24) is 0 Å². The summed E-state index contributed by atoms with van der Waals surface area (Å²) in [6.07, 6.45) is 0. The molecule has 134 valence electrons. The van der Waals surface area contributed by atoms with Gasteiger partial charge in [-0.3, -0.25) is 0 Å². The highest BCUT2D eigenvalue weighted by molar-refractivity contribution is 5.84. The van der Waals surface area contributed by atoms with Crippen LogP contribution in [-0.4, -0.2) is 21.3 Å². The molecule has 0 bridgehead atoms. The Hall–Kier alpha value is -2.94. The van der Waals surface area contributed by atoms with E-state index in [9.17, 15) is 0 Å². The van der Waals surface area contributed by atoms with Gasteiger partial charge in [-0.05, 0) is 72.0 Å². The van der Waals surface area contributed by atoms with Gasteiger partial charge in [0, 0.05) is 5.56 Å². The third kappa shape index (κ3) is 3.25. The first-order valence-corrected chi connectivity index (χ1v) is 8.56. The third-order valence-corrected chi connectivity index (χ3v) is 4.71. The fourth-order valence-corrected chi connectivity index (χ4v) is 3.33. The Bertz CT molecular complexity index is 894. The summed E-state index contributed by atoms with van der Waals surface area (Å²) in [5, 5.41) is 0. The molecular weight excluding hydrogens is 324 g/mol. The van der Waals surface area contributed by atoms with Crippen molar-refractivity contribution in [3.8, 4) is 39.5 Å². The topological polar surface area (TPSA) is 27.7 Å². The van der Waals surface area contributed by atoms with Crippen molar-refractivity contribution in [3.05, 3.63) is 65.7 Å². The molecule has 0 aliphatic carbocycles. The number of benzene rings is 3. The lowest BCUT2D eigenvalue weighted by Crippen LogP contribution is -1.97. The first-order chi connectivity index (χ1) is 12.6. The molecule has 3 aromatic rings. The van der Waals surface area contributed by atoms with E-state index in [1.54, 1.807) is 21.3 Å². The van der Waals surface area contributed by atoms with Crippen LogP contribution in [0.3, 0.4) is 0 Å². The van der Waals surface area contributed by atoms with Crippen molar-refractivity contribution in [3.63, 3.8) is 0 Å². The van der Waals surface area contributed by atoms with Gasteiger partial charge in [-0.2, -0.15) is 0 Å². The molecule has 0 saturated heterocycles. The normalized spacial score (nSPS) is 10.5. The predicted molar refractivity (Wildman–Crippen MR) is 106 cm³/mol. The summed E-state index contributed by atoms with van der Waals surface area (Å²) in [7, 11) is 5.08. The van der Waals surface area contributed by atoms with E-state index in [2.05, 4.69) is 44.2 Å².